The number of fused-ring (bicyclic) bond motifs is 13. The van der Waals surface area contributed by atoms with Gasteiger partial charge in [-0.15, -0.1) is 6.42 Å². The van der Waals surface area contributed by atoms with E-state index in [1.165, 1.54) is 61.2 Å². The maximum Gasteiger partial charge on any atom is 0.0680 e. The topological polar surface area (TPSA) is 0 Å². The van der Waals surface area contributed by atoms with E-state index in [9.17, 15) is 0 Å². The van der Waals surface area contributed by atoms with E-state index < -0.39 is 0 Å². The van der Waals surface area contributed by atoms with Crippen LogP contribution in [0.2, 0.25) is 0 Å². The summed E-state index contributed by atoms with van der Waals surface area (Å²) in [6, 6.07) is 45.1. The van der Waals surface area contributed by atoms with Crippen LogP contribution in [0.4, 0.5) is 0 Å². The van der Waals surface area contributed by atoms with Crippen molar-refractivity contribution in [3.05, 3.63) is 179 Å². The van der Waals surface area contributed by atoms with Crippen molar-refractivity contribution >= 4 is 0 Å². The summed E-state index contributed by atoms with van der Waals surface area (Å²) in [5.41, 5.74) is 14.3. The Labute approximate surface area is 230 Å². The lowest BCUT2D eigenvalue weighted by atomic mass is 9.52. The van der Waals surface area contributed by atoms with E-state index in [1.54, 1.807) is 0 Å². The van der Waals surface area contributed by atoms with Gasteiger partial charge in [0.15, 0.2) is 0 Å². The lowest BCUT2D eigenvalue weighted by molar-refractivity contribution is 0.520. The van der Waals surface area contributed by atoms with E-state index in [0.717, 1.165) is 6.42 Å². The molecular weight excluding hydrogens is 468 g/mol. The second kappa shape index (κ2) is 8.07. The maximum atomic E-state index is 5.69. The number of terminal acetylenes is 1. The summed E-state index contributed by atoms with van der Waals surface area (Å²) in [6.45, 7) is 0. The first-order chi connectivity index (χ1) is 19.3. The molecule has 3 aliphatic rings. The summed E-state index contributed by atoms with van der Waals surface area (Å²) >= 11 is 0. The minimum atomic E-state index is -0.388. The maximum absolute atomic E-state index is 5.69. The second-order valence-electron chi connectivity index (χ2n) is 10.8. The van der Waals surface area contributed by atoms with Gasteiger partial charge in [-0.05, 0) is 73.7 Å². The quantitative estimate of drug-likeness (QED) is 0.204. The van der Waals surface area contributed by atoms with Crippen molar-refractivity contribution in [1.82, 2.24) is 0 Å². The largest absolute Gasteiger partial charge is 0.115 e. The van der Waals surface area contributed by atoms with E-state index in [4.69, 9.17) is 6.42 Å². The molecule has 0 heterocycles. The summed E-state index contributed by atoms with van der Waals surface area (Å²) in [5.74, 6) is 2.71. The fraction of sp³-hybridized carbons (Fsp3) is 0.0769. The zero-order valence-corrected chi connectivity index (χ0v) is 21.6. The molecule has 0 atom stereocenters. The summed E-state index contributed by atoms with van der Waals surface area (Å²) in [7, 11) is 0. The van der Waals surface area contributed by atoms with Gasteiger partial charge in [-0.2, -0.15) is 0 Å². The zero-order chi connectivity index (χ0) is 26.0. The summed E-state index contributed by atoms with van der Waals surface area (Å²) < 4.78 is 0. The molecule has 0 unspecified atom stereocenters. The number of benzene rings is 5. The molecule has 5 aromatic carbocycles. The van der Waals surface area contributed by atoms with E-state index in [1.807, 2.05) is 6.08 Å². The van der Waals surface area contributed by atoms with Crippen molar-refractivity contribution in [3.8, 4) is 34.6 Å². The fourth-order valence-electron chi connectivity index (χ4n) is 7.95. The average Bonchev–Trinajstić information content (AvgIpc) is 3.45. The molecule has 2 spiro atoms. The number of hydrogen-bond donors (Lipinski definition) is 0. The van der Waals surface area contributed by atoms with Gasteiger partial charge >= 0.3 is 0 Å². The Kier molecular flexibility index (Phi) is 4.58. The number of hydrogen-bond acceptors (Lipinski definition) is 0. The minimum absolute atomic E-state index is 0.280. The molecule has 0 saturated heterocycles. The lowest BCUT2D eigenvalue weighted by Gasteiger charge is -2.49. The van der Waals surface area contributed by atoms with E-state index in [2.05, 4.69) is 139 Å². The highest BCUT2D eigenvalue weighted by Gasteiger charge is 2.57. The minimum Gasteiger partial charge on any atom is -0.115 e. The first-order valence-electron chi connectivity index (χ1n) is 13.6. The van der Waals surface area contributed by atoms with Crippen molar-refractivity contribution in [3.63, 3.8) is 0 Å². The van der Waals surface area contributed by atoms with Gasteiger partial charge in [0.2, 0.25) is 0 Å². The van der Waals surface area contributed by atoms with Crippen LogP contribution in [0.15, 0.2) is 145 Å². The molecule has 0 fully saturated rings. The van der Waals surface area contributed by atoms with Crippen LogP contribution in [-0.4, -0.2) is 0 Å². The monoisotopic (exact) mass is 494 g/mol. The average molecular weight is 495 g/mol. The van der Waals surface area contributed by atoms with Crippen LogP contribution in [0.3, 0.4) is 0 Å². The Morgan fingerprint density at radius 3 is 1.44 bits per heavy atom. The van der Waals surface area contributed by atoms with E-state index >= 15 is 0 Å². The Bertz CT molecular complexity index is 1810. The molecule has 39 heavy (non-hydrogen) atoms. The summed E-state index contributed by atoms with van der Waals surface area (Å²) in [4.78, 5) is 0. The highest BCUT2D eigenvalue weighted by atomic mass is 14.6. The van der Waals surface area contributed by atoms with Crippen LogP contribution in [0.25, 0.3) is 22.3 Å². The Morgan fingerprint density at radius 1 is 0.513 bits per heavy atom. The number of rotatable bonds is 1. The van der Waals surface area contributed by atoms with Crippen LogP contribution in [0.1, 0.15) is 39.8 Å². The normalized spacial score (nSPS) is 17.5. The van der Waals surface area contributed by atoms with Gasteiger partial charge in [0, 0.05) is 0 Å². The zero-order valence-electron chi connectivity index (χ0n) is 21.6. The van der Waals surface area contributed by atoms with Crippen LogP contribution >= 0.6 is 0 Å². The molecule has 8 rings (SSSR count). The van der Waals surface area contributed by atoms with Crippen molar-refractivity contribution in [2.24, 2.45) is 0 Å². The van der Waals surface area contributed by atoms with Gasteiger partial charge < -0.3 is 0 Å². The molecule has 0 N–H and O–H groups in total. The molecule has 3 aliphatic carbocycles. The Morgan fingerprint density at radius 2 is 0.923 bits per heavy atom. The van der Waals surface area contributed by atoms with Gasteiger partial charge in [-0.3, -0.25) is 0 Å². The second-order valence-corrected chi connectivity index (χ2v) is 10.8. The SMILES string of the molecule is C#C/C=C\C=C1/CC2(c3ccccc3-c3ccccc32)c2ccccc2C12c1ccccc1-c1ccccc12. The third kappa shape index (κ3) is 2.65. The third-order valence-corrected chi connectivity index (χ3v) is 9.23. The van der Waals surface area contributed by atoms with Crippen LogP contribution < -0.4 is 0 Å². The Hall–Kier alpha value is -4.86. The molecule has 5 aromatic rings. The molecule has 0 amide bonds. The van der Waals surface area contributed by atoms with Crippen molar-refractivity contribution < 1.29 is 0 Å². The molecule has 0 bridgehead atoms. The van der Waals surface area contributed by atoms with Gasteiger partial charge in [0.1, 0.15) is 0 Å². The Balaban J connectivity index is 1.56. The van der Waals surface area contributed by atoms with Gasteiger partial charge in [0.05, 0.1) is 10.8 Å². The standard InChI is InChI=1S/C39H26/c1-2-3-4-15-27-26-38(32-20-9-5-16-28(32)29-17-6-10-21-33(29)38)36-24-13-14-25-37(36)39(27)34-22-11-7-18-30(34)31-19-8-12-23-35(31)39/h1,3-25H,26H2/b4-3-,27-15+. The molecule has 0 nitrogen and oxygen atoms in total. The molecule has 182 valence electrons. The summed E-state index contributed by atoms with van der Waals surface area (Å²) in [6.07, 6.45) is 12.8. The van der Waals surface area contributed by atoms with Crippen LogP contribution in [-0.2, 0) is 10.8 Å². The van der Waals surface area contributed by atoms with Gasteiger partial charge in [-0.1, -0.05) is 139 Å². The van der Waals surface area contributed by atoms with Gasteiger partial charge in [-0.25, -0.2) is 0 Å². The lowest BCUT2D eigenvalue weighted by Crippen LogP contribution is -2.43. The number of allylic oxidation sites excluding steroid dienone is 4. The first-order valence-corrected chi connectivity index (χ1v) is 13.6. The highest BCUT2D eigenvalue weighted by molar-refractivity contribution is 5.90. The predicted molar refractivity (Wildman–Crippen MR) is 161 cm³/mol. The molecule has 0 saturated carbocycles. The van der Waals surface area contributed by atoms with Gasteiger partial charge in [0.25, 0.3) is 0 Å². The van der Waals surface area contributed by atoms with E-state index in [0.29, 0.717) is 0 Å². The molecule has 0 heteroatoms. The van der Waals surface area contributed by atoms with Crippen molar-refractivity contribution in [2.45, 2.75) is 17.3 Å². The first kappa shape index (κ1) is 22.2. The van der Waals surface area contributed by atoms with E-state index in [-0.39, 0.29) is 10.8 Å². The molecule has 0 aromatic heterocycles. The summed E-state index contributed by atoms with van der Waals surface area (Å²) in [5, 5.41) is 0. The van der Waals surface area contributed by atoms with Crippen LogP contribution in [0, 0.1) is 12.3 Å². The molecular formula is C39H26. The molecule has 0 radical (unpaired) electrons. The van der Waals surface area contributed by atoms with Crippen molar-refractivity contribution in [1.29, 1.82) is 0 Å². The fourth-order valence-corrected chi connectivity index (χ4v) is 7.95. The predicted octanol–water partition coefficient (Wildman–Crippen LogP) is 8.84. The van der Waals surface area contributed by atoms with Crippen LogP contribution in [0.5, 0.6) is 0 Å². The highest BCUT2D eigenvalue weighted by Crippen LogP contribution is 2.67. The third-order valence-electron chi connectivity index (χ3n) is 9.23. The smallest absolute Gasteiger partial charge is 0.0680 e. The molecule has 0 aliphatic heterocycles. The van der Waals surface area contributed by atoms with Crippen molar-refractivity contribution in [2.75, 3.05) is 0 Å².